The van der Waals surface area contributed by atoms with Crippen LogP contribution in [0.15, 0.2) is 0 Å². The van der Waals surface area contributed by atoms with Gasteiger partial charge in [-0.2, -0.15) is 0 Å². The summed E-state index contributed by atoms with van der Waals surface area (Å²) in [6.45, 7) is 5.35. The van der Waals surface area contributed by atoms with Gasteiger partial charge in [-0.05, 0) is 74.0 Å². The molecule has 21 heavy (non-hydrogen) atoms. The number of aliphatic hydroxyl groups is 1. The van der Waals surface area contributed by atoms with Crippen molar-refractivity contribution < 1.29 is 9.90 Å². The Labute approximate surface area is 128 Å². The maximum atomic E-state index is 12.7. The van der Waals surface area contributed by atoms with E-state index in [0.717, 1.165) is 31.2 Å². The van der Waals surface area contributed by atoms with E-state index in [1.807, 2.05) is 0 Å². The lowest BCUT2D eigenvalue weighted by Crippen LogP contribution is -2.51. The van der Waals surface area contributed by atoms with Crippen LogP contribution in [-0.4, -0.2) is 24.2 Å². The molecular weight excluding hydrogens is 262 g/mol. The number of hydrogen-bond donors (Lipinski definition) is 2. The largest absolute Gasteiger partial charge is 0.396 e. The second-order valence-corrected chi connectivity index (χ2v) is 8.67. The summed E-state index contributed by atoms with van der Waals surface area (Å²) >= 11 is 0. The van der Waals surface area contributed by atoms with E-state index in [9.17, 15) is 4.79 Å². The molecule has 4 saturated carbocycles. The van der Waals surface area contributed by atoms with E-state index in [1.165, 1.54) is 32.1 Å². The molecule has 0 aliphatic heterocycles. The molecule has 0 spiro atoms. The van der Waals surface area contributed by atoms with Gasteiger partial charge >= 0.3 is 0 Å². The van der Waals surface area contributed by atoms with Crippen LogP contribution in [0.5, 0.6) is 0 Å². The molecule has 3 heteroatoms. The average molecular weight is 293 g/mol. The molecule has 0 unspecified atom stereocenters. The lowest BCUT2D eigenvalue weighted by molar-refractivity contribution is -0.138. The zero-order valence-electron chi connectivity index (χ0n) is 13.6. The minimum Gasteiger partial charge on any atom is -0.396 e. The maximum Gasteiger partial charge on any atom is 0.223 e. The highest BCUT2D eigenvalue weighted by molar-refractivity contribution is 5.79. The van der Waals surface area contributed by atoms with Gasteiger partial charge in [0.15, 0.2) is 0 Å². The number of hydrogen-bond acceptors (Lipinski definition) is 2. The normalized spacial score (nSPS) is 37.8. The third-order valence-corrected chi connectivity index (χ3v) is 6.28. The number of carbonyl (C=O) groups excluding carboxylic acids is 1. The smallest absolute Gasteiger partial charge is 0.223 e. The zero-order valence-corrected chi connectivity index (χ0v) is 13.6. The number of carbonyl (C=O) groups is 1. The van der Waals surface area contributed by atoms with Crippen molar-refractivity contribution in [3.05, 3.63) is 0 Å². The molecule has 4 aliphatic rings. The monoisotopic (exact) mass is 293 g/mol. The average Bonchev–Trinajstić information content (AvgIpc) is 2.42. The molecule has 2 N–H and O–H groups in total. The van der Waals surface area contributed by atoms with Gasteiger partial charge in [0.25, 0.3) is 0 Å². The summed E-state index contributed by atoms with van der Waals surface area (Å²) in [6, 6.07) is 0. The van der Waals surface area contributed by atoms with Crippen molar-refractivity contribution in [1.82, 2.24) is 5.32 Å². The Balaban J connectivity index is 1.54. The Kier molecular flexibility index (Phi) is 4.31. The maximum absolute atomic E-state index is 12.7. The van der Waals surface area contributed by atoms with Crippen LogP contribution in [0, 0.1) is 35.0 Å². The minimum absolute atomic E-state index is 0.0876. The van der Waals surface area contributed by atoms with Gasteiger partial charge in [0, 0.05) is 19.1 Å². The SMILES string of the molecule is CC(C)(CCCO)CNC(=O)C1C2CC3CC(C2)CC1C3. The predicted molar refractivity (Wildman–Crippen MR) is 83.6 cm³/mol. The Hall–Kier alpha value is -0.570. The predicted octanol–water partition coefficient (Wildman–Crippen LogP) is 2.97. The minimum atomic E-state index is 0.0876. The molecule has 4 bridgehead atoms. The van der Waals surface area contributed by atoms with Crippen molar-refractivity contribution in [1.29, 1.82) is 0 Å². The zero-order chi connectivity index (χ0) is 15.0. The van der Waals surface area contributed by atoms with Crippen molar-refractivity contribution in [3.8, 4) is 0 Å². The molecule has 4 aliphatic carbocycles. The molecule has 4 fully saturated rings. The van der Waals surface area contributed by atoms with Crippen molar-refractivity contribution in [2.24, 2.45) is 35.0 Å². The van der Waals surface area contributed by atoms with E-state index in [1.54, 1.807) is 0 Å². The van der Waals surface area contributed by atoms with Crippen LogP contribution in [-0.2, 0) is 4.79 Å². The van der Waals surface area contributed by atoms with Gasteiger partial charge in [-0.15, -0.1) is 0 Å². The topological polar surface area (TPSA) is 49.3 Å². The highest BCUT2D eigenvalue weighted by Crippen LogP contribution is 2.56. The van der Waals surface area contributed by atoms with E-state index in [-0.39, 0.29) is 12.0 Å². The molecule has 0 aromatic heterocycles. The van der Waals surface area contributed by atoms with Crippen LogP contribution in [0.4, 0.5) is 0 Å². The molecule has 3 nitrogen and oxygen atoms in total. The summed E-state index contributed by atoms with van der Waals surface area (Å²) in [5.41, 5.74) is 0.0876. The fourth-order valence-corrected chi connectivity index (χ4v) is 5.44. The Bertz CT molecular complexity index is 363. The van der Waals surface area contributed by atoms with Crippen LogP contribution >= 0.6 is 0 Å². The van der Waals surface area contributed by atoms with E-state index in [2.05, 4.69) is 19.2 Å². The number of amides is 1. The summed E-state index contributed by atoms with van der Waals surface area (Å²) in [7, 11) is 0. The van der Waals surface area contributed by atoms with Crippen molar-refractivity contribution in [3.63, 3.8) is 0 Å². The van der Waals surface area contributed by atoms with Gasteiger partial charge < -0.3 is 10.4 Å². The van der Waals surface area contributed by atoms with Crippen LogP contribution in [0.25, 0.3) is 0 Å². The van der Waals surface area contributed by atoms with Gasteiger partial charge in [-0.3, -0.25) is 4.79 Å². The molecule has 0 heterocycles. The van der Waals surface area contributed by atoms with E-state index in [4.69, 9.17) is 5.11 Å². The molecule has 0 radical (unpaired) electrons. The first-order chi connectivity index (χ1) is 9.98. The highest BCUT2D eigenvalue weighted by atomic mass is 16.2. The van der Waals surface area contributed by atoms with Crippen molar-refractivity contribution in [2.75, 3.05) is 13.2 Å². The highest BCUT2D eigenvalue weighted by Gasteiger charge is 2.50. The molecule has 4 rings (SSSR count). The van der Waals surface area contributed by atoms with Gasteiger partial charge in [0.1, 0.15) is 0 Å². The Morgan fingerprint density at radius 2 is 1.67 bits per heavy atom. The fraction of sp³-hybridized carbons (Fsp3) is 0.944. The standard InChI is InChI=1S/C18H31NO2/c1-18(2,4-3-5-20)11-19-17(21)16-14-7-12-6-13(9-14)10-15(16)8-12/h12-16,20H,3-11H2,1-2H3,(H,19,21). The van der Waals surface area contributed by atoms with Gasteiger partial charge in [-0.1, -0.05) is 13.8 Å². The van der Waals surface area contributed by atoms with Crippen molar-refractivity contribution in [2.45, 2.75) is 58.8 Å². The first kappa shape index (κ1) is 15.3. The molecular formula is C18H31NO2. The first-order valence-electron chi connectivity index (χ1n) is 8.87. The van der Waals surface area contributed by atoms with Gasteiger partial charge in [0.05, 0.1) is 0 Å². The third kappa shape index (κ3) is 3.28. The summed E-state index contributed by atoms with van der Waals surface area (Å²) in [5.74, 6) is 3.81. The van der Waals surface area contributed by atoms with E-state index < -0.39 is 0 Å². The Morgan fingerprint density at radius 1 is 1.10 bits per heavy atom. The number of rotatable bonds is 6. The lowest BCUT2D eigenvalue weighted by atomic mass is 9.51. The van der Waals surface area contributed by atoms with Crippen LogP contribution in [0.3, 0.4) is 0 Å². The Morgan fingerprint density at radius 3 is 2.19 bits per heavy atom. The van der Waals surface area contributed by atoms with E-state index >= 15 is 0 Å². The quantitative estimate of drug-likeness (QED) is 0.791. The second kappa shape index (κ2) is 5.91. The number of nitrogens with one attached hydrogen (secondary N) is 1. The van der Waals surface area contributed by atoms with Crippen molar-refractivity contribution >= 4 is 5.91 Å². The second-order valence-electron chi connectivity index (χ2n) is 8.67. The summed E-state index contributed by atoms with van der Waals surface area (Å²) in [5, 5.41) is 12.2. The summed E-state index contributed by atoms with van der Waals surface area (Å²) < 4.78 is 0. The molecule has 0 aromatic rings. The van der Waals surface area contributed by atoms with Crippen LogP contribution in [0.1, 0.15) is 58.8 Å². The first-order valence-corrected chi connectivity index (χ1v) is 8.87. The molecule has 1 amide bonds. The molecule has 120 valence electrons. The van der Waals surface area contributed by atoms with Gasteiger partial charge in [0.2, 0.25) is 5.91 Å². The molecule has 0 atom stereocenters. The third-order valence-electron chi connectivity index (χ3n) is 6.28. The summed E-state index contributed by atoms with van der Waals surface area (Å²) in [4.78, 5) is 12.7. The van der Waals surface area contributed by atoms with Gasteiger partial charge in [-0.25, -0.2) is 0 Å². The van der Waals surface area contributed by atoms with Crippen LogP contribution in [0.2, 0.25) is 0 Å². The fourth-order valence-electron chi connectivity index (χ4n) is 5.44. The lowest BCUT2D eigenvalue weighted by Gasteiger charge is -2.53. The van der Waals surface area contributed by atoms with E-state index in [0.29, 0.717) is 23.7 Å². The molecule has 0 saturated heterocycles. The van der Waals surface area contributed by atoms with Crippen LogP contribution < -0.4 is 5.32 Å². The number of aliphatic hydroxyl groups excluding tert-OH is 1. The molecule has 0 aromatic carbocycles. The summed E-state index contributed by atoms with van der Waals surface area (Å²) in [6.07, 6.45) is 8.44.